The predicted octanol–water partition coefficient (Wildman–Crippen LogP) is 3.77. The van der Waals surface area contributed by atoms with E-state index in [0.717, 1.165) is 22.4 Å². The number of anilines is 1. The SMILES string of the molecule is COc1ccc(-c2nonc2NC(=O)[C@@H](C)Oc2cc(C)cc(C)c2)cc1. The van der Waals surface area contributed by atoms with Gasteiger partial charge in [-0.05, 0) is 78.6 Å². The van der Waals surface area contributed by atoms with Crippen molar-refractivity contribution in [3.8, 4) is 22.8 Å². The van der Waals surface area contributed by atoms with Gasteiger partial charge in [-0.2, -0.15) is 0 Å². The van der Waals surface area contributed by atoms with E-state index in [1.807, 2.05) is 44.2 Å². The lowest BCUT2D eigenvalue weighted by molar-refractivity contribution is -0.122. The molecule has 0 bridgehead atoms. The van der Waals surface area contributed by atoms with Gasteiger partial charge in [-0.3, -0.25) is 4.79 Å². The zero-order valence-electron chi connectivity index (χ0n) is 15.6. The van der Waals surface area contributed by atoms with Crippen molar-refractivity contribution in [3.05, 3.63) is 53.6 Å². The number of amides is 1. The van der Waals surface area contributed by atoms with E-state index in [-0.39, 0.29) is 11.7 Å². The first-order chi connectivity index (χ1) is 13.0. The van der Waals surface area contributed by atoms with Gasteiger partial charge in [0.25, 0.3) is 5.91 Å². The minimum atomic E-state index is -0.716. The third-order valence-electron chi connectivity index (χ3n) is 3.97. The Hall–Kier alpha value is -3.35. The lowest BCUT2D eigenvalue weighted by Gasteiger charge is -2.15. The highest BCUT2D eigenvalue weighted by Crippen LogP contribution is 2.26. The average molecular weight is 367 g/mol. The van der Waals surface area contributed by atoms with Gasteiger partial charge in [0.2, 0.25) is 5.82 Å². The van der Waals surface area contributed by atoms with Crippen LogP contribution in [0.15, 0.2) is 47.1 Å². The van der Waals surface area contributed by atoms with Gasteiger partial charge in [-0.1, -0.05) is 6.07 Å². The number of methoxy groups -OCH3 is 1. The standard InChI is InChI=1S/C20H21N3O4/c1-12-9-13(2)11-17(10-12)26-14(3)20(24)21-19-18(22-27-23-19)15-5-7-16(25-4)8-6-15/h5-11,14H,1-4H3,(H,21,23,24)/t14-/m1/s1. The number of carbonyl (C=O) groups excluding carboxylic acids is 1. The molecule has 1 N–H and O–H groups in total. The van der Waals surface area contributed by atoms with Crippen LogP contribution >= 0.6 is 0 Å². The molecule has 1 atom stereocenters. The van der Waals surface area contributed by atoms with Crippen LogP contribution in [0, 0.1) is 13.8 Å². The van der Waals surface area contributed by atoms with E-state index >= 15 is 0 Å². The Kier molecular flexibility index (Phi) is 5.40. The fourth-order valence-electron chi connectivity index (χ4n) is 2.69. The van der Waals surface area contributed by atoms with E-state index in [0.29, 0.717) is 11.4 Å². The van der Waals surface area contributed by atoms with Gasteiger partial charge in [-0.15, -0.1) is 0 Å². The Labute approximate surface area is 157 Å². The molecule has 0 aliphatic heterocycles. The molecular formula is C20H21N3O4. The molecule has 0 aliphatic carbocycles. The topological polar surface area (TPSA) is 86.5 Å². The van der Waals surface area contributed by atoms with Gasteiger partial charge in [0, 0.05) is 5.56 Å². The summed E-state index contributed by atoms with van der Waals surface area (Å²) in [6.07, 6.45) is -0.716. The molecular weight excluding hydrogens is 346 g/mol. The van der Waals surface area contributed by atoms with Gasteiger partial charge in [0.15, 0.2) is 11.8 Å². The van der Waals surface area contributed by atoms with E-state index in [9.17, 15) is 4.79 Å². The van der Waals surface area contributed by atoms with Crippen molar-refractivity contribution in [2.45, 2.75) is 26.9 Å². The second-order valence-corrected chi connectivity index (χ2v) is 6.26. The first kappa shape index (κ1) is 18.4. The van der Waals surface area contributed by atoms with Crippen LogP contribution in [0.4, 0.5) is 5.82 Å². The Balaban J connectivity index is 1.71. The average Bonchev–Trinajstić information content (AvgIpc) is 3.09. The second kappa shape index (κ2) is 7.90. The van der Waals surface area contributed by atoms with Crippen LogP contribution in [0.2, 0.25) is 0 Å². The van der Waals surface area contributed by atoms with Gasteiger partial charge >= 0.3 is 0 Å². The van der Waals surface area contributed by atoms with Crippen molar-refractivity contribution in [2.24, 2.45) is 0 Å². The summed E-state index contributed by atoms with van der Waals surface area (Å²) in [6, 6.07) is 13.0. The lowest BCUT2D eigenvalue weighted by Crippen LogP contribution is -2.30. The third kappa shape index (κ3) is 4.44. The number of ether oxygens (including phenoxy) is 2. The summed E-state index contributed by atoms with van der Waals surface area (Å²) in [5.41, 5.74) is 3.32. The molecule has 3 rings (SSSR count). The van der Waals surface area contributed by atoms with Crippen LogP contribution in [-0.4, -0.2) is 29.4 Å². The molecule has 0 unspecified atom stereocenters. The smallest absolute Gasteiger partial charge is 0.266 e. The van der Waals surface area contributed by atoms with Crippen molar-refractivity contribution < 1.29 is 18.9 Å². The molecule has 1 aromatic heterocycles. The van der Waals surface area contributed by atoms with E-state index in [2.05, 4.69) is 15.6 Å². The second-order valence-electron chi connectivity index (χ2n) is 6.26. The van der Waals surface area contributed by atoms with Crippen LogP contribution in [0.3, 0.4) is 0 Å². The highest BCUT2D eigenvalue weighted by Gasteiger charge is 2.20. The molecule has 7 heteroatoms. The van der Waals surface area contributed by atoms with Crippen LogP contribution in [0.5, 0.6) is 11.5 Å². The maximum atomic E-state index is 12.5. The number of aryl methyl sites for hydroxylation is 2. The normalized spacial score (nSPS) is 11.7. The fraction of sp³-hybridized carbons (Fsp3) is 0.250. The molecule has 0 spiro atoms. The van der Waals surface area contributed by atoms with Gasteiger partial charge in [-0.25, -0.2) is 4.63 Å². The number of nitrogens with one attached hydrogen (secondary N) is 1. The molecule has 7 nitrogen and oxygen atoms in total. The van der Waals surface area contributed by atoms with Crippen molar-refractivity contribution in [1.29, 1.82) is 0 Å². The highest BCUT2D eigenvalue weighted by atomic mass is 16.6. The largest absolute Gasteiger partial charge is 0.497 e. The maximum absolute atomic E-state index is 12.5. The number of aromatic nitrogens is 2. The first-order valence-electron chi connectivity index (χ1n) is 8.49. The minimum Gasteiger partial charge on any atom is -0.497 e. The van der Waals surface area contributed by atoms with E-state index in [1.165, 1.54) is 0 Å². The Morgan fingerprint density at radius 1 is 1.04 bits per heavy atom. The monoisotopic (exact) mass is 367 g/mol. The van der Waals surface area contributed by atoms with E-state index in [1.54, 1.807) is 26.2 Å². The maximum Gasteiger partial charge on any atom is 0.266 e. The van der Waals surface area contributed by atoms with Gasteiger partial charge < -0.3 is 14.8 Å². The summed E-state index contributed by atoms with van der Waals surface area (Å²) in [5, 5.41) is 10.4. The summed E-state index contributed by atoms with van der Waals surface area (Å²) in [7, 11) is 1.59. The molecule has 140 valence electrons. The first-order valence-corrected chi connectivity index (χ1v) is 8.49. The molecule has 1 heterocycles. The molecule has 27 heavy (non-hydrogen) atoms. The van der Waals surface area contributed by atoms with Crippen molar-refractivity contribution in [1.82, 2.24) is 10.3 Å². The summed E-state index contributed by atoms with van der Waals surface area (Å²) in [4.78, 5) is 12.5. The molecule has 0 aliphatic rings. The number of benzene rings is 2. The highest BCUT2D eigenvalue weighted by molar-refractivity contribution is 5.96. The van der Waals surface area contributed by atoms with Crippen molar-refractivity contribution >= 4 is 11.7 Å². The van der Waals surface area contributed by atoms with E-state index in [4.69, 9.17) is 14.1 Å². The lowest BCUT2D eigenvalue weighted by atomic mass is 10.1. The number of nitrogens with zero attached hydrogens (tertiary/aromatic N) is 2. The third-order valence-corrected chi connectivity index (χ3v) is 3.97. The van der Waals surface area contributed by atoms with Gasteiger partial charge in [0.1, 0.15) is 11.5 Å². The molecule has 0 saturated heterocycles. The molecule has 0 radical (unpaired) electrons. The van der Waals surface area contributed by atoms with Crippen molar-refractivity contribution in [3.63, 3.8) is 0 Å². The summed E-state index contributed by atoms with van der Waals surface area (Å²) in [6.45, 7) is 5.63. The number of hydrogen-bond donors (Lipinski definition) is 1. The molecule has 0 saturated carbocycles. The number of rotatable bonds is 6. The summed E-state index contributed by atoms with van der Waals surface area (Å²) in [5.74, 6) is 1.25. The zero-order valence-corrected chi connectivity index (χ0v) is 15.6. The van der Waals surface area contributed by atoms with Crippen LogP contribution in [0.25, 0.3) is 11.3 Å². The molecule has 0 fully saturated rings. The fourth-order valence-corrected chi connectivity index (χ4v) is 2.69. The summed E-state index contributed by atoms with van der Waals surface area (Å²) < 4.78 is 15.7. The minimum absolute atomic E-state index is 0.237. The van der Waals surface area contributed by atoms with Crippen LogP contribution < -0.4 is 14.8 Å². The van der Waals surface area contributed by atoms with E-state index < -0.39 is 6.10 Å². The Morgan fingerprint density at radius 2 is 1.70 bits per heavy atom. The quantitative estimate of drug-likeness (QED) is 0.714. The molecule has 1 amide bonds. The van der Waals surface area contributed by atoms with Crippen LogP contribution in [-0.2, 0) is 4.79 Å². The summed E-state index contributed by atoms with van der Waals surface area (Å²) >= 11 is 0. The van der Waals surface area contributed by atoms with Crippen molar-refractivity contribution in [2.75, 3.05) is 12.4 Å². The van der Waals surface area contributed by atoms with Crippen LogP contribution in [0.1, 0.15) is 18.1 Å². The number of carbonyl (C=O) groups is 1. The number of hydrogen-bond acceptors (Lipinski definition) is 6. The predicted molar refractivity (Wildman–Crippen MR) is 101 cm³/mol. The van der Waals surface area contributed by atoms with Gasteiger partial charge in [0.05, 0.1) is 7.11 Å². The molecule has 3 aromatic rings. The Morgan fingerprint density at radius 3 is 2.33 bits per heavy atom. The molecule has 2 aromatic carbocycles. The Bertz CT molecular complexity index is 914. The zero-order chi connectivity index (χ0) is 19.4.